The van der Waals surface area contributed by atoms with Crippen LogP contribution in [0.25, 0.3) is 6.08 Å². The monoisotopic (exact) mass is 344 g/mol. The molecule has 112 valence electrons. The van der Waals surface area contributed by atoms with Crippen LogP contribution in [0.2, 0.25) is 0 Å². The van der Waals surface area contributed by atoms with Crippen molar-refractivity contribution in [2.75, 3.05) is 0 Å². The lowest BCUT2D eigenvalue weighted by Gasteiger charge is -2.32. The largest absolute Gasteiger partial charge is 0.0804 e. The molecule has 0 fully saturated rings. The summed E-state index contributed by atoms with van der Waals surface area (Å²) in [5, 5.41) is 0. The van der Waals surface area contributed by atoms with E-state index < -0.39 is 0 Å². The highest BCUT2D eigenvalue weighted by atomic mass is 79.9. The summed E-state index contributed by atoms with van der Waals surface area (Å²) in [4.78, 5) is 0. The molecule has 1 heteroatoms. The highest BCUT2D eigenvalue weighted by molar-refractivity contribution is 9.10. The number of benzene rings is 1. The van der Waals surface area contributed by atoms with Gasteiger partial charge in [0.2, 0.25) is 0 Å². The fraction of sp³-hybridized carbons (Fsp3) is 0.400. The van der Waals surface area contributed by atoms with E-state index in [0.29, 0.717) is 5.41 Å². The summed E-state index contributed by atoms with van der Waals surface area (Å²) in [7, 11) is 0. The normalized spacial score (nSPS) is 18.9. The van der Waals surface area contributed by atoms with Crippen LogP contribution in [-0.4, -0.2) is 0 Å². The van der Waals surface area contributed by atoms with Gasteiger partial charge >= 0.3 is 0 Å². The maximum Gasteiger partial charge on any atom is 0.0175 e. The van der Waals surface area contributed by atoms with Gasteiger partial charge in [0.25, 0.3) is 0 Å². The molecule has 0 heterocycles. The smallest absolute Gasteiger partial charge is 0.0175 e. The molecule has 0 saturated carbocycles. The number of hydrogen-bond acceptors (Lipinski definition) is 0. The van der Waals surface area contributed by atoms with Gasteiger partial charge in [0.1, 0.15) is 0 Å². The number of halogens is 1. The molecular weight excluding hydrogens is 320 g/mol. The van der Waals surface area contributed by atoms with Crippen LogP contribution in [0.1, 0.15) is 52.0 Å². The second kappa shape index (κ2) is 7.26. The summed E-state index contributed by atoms with van der Waals surface area (Å²) in [5.74, 6) is 0. The molecule has 0 spiro atoms. The average molecular weight is 345 g/mol. The molecule has 0 radical (unpaired) electrons. The topological polar surface area (TPSA) is 0 Å². The molecule has 0 atom stereocenters. The molecule has 0 bridgehead atoms. The summed E-state index contributed by atoms with van der Waals surface area (Å²) in [6, 6.07) is 8.41. The van der Waals surface area contributed by atoms with E-state index in [9.17, 15) is 0 Å². The molecule has 0 nitrogen and oxygen atoms in total. The minimum atomic E-state index is 0.342. The van der Waals surface area contributed by atoms with Crippen LogP contribution in [0.3, 0.4) is 0 Å². The minimum Gasteiger partial charge on any atom is -0.0804 e. The predicted molar refractivity (Wildman–Crippen MR) is 97.3 cm³/mol. The quantitative estimate of drug-likeness (QED) is 0.555. The van der Waals surface area contributed by atoms with E-state index in [-0.39, 0.29) is 0 Å². The molecule has 0 aliphatic heterocycles. The molecular formula is C20H25Br. The SMILES string of the molecule is CC1=C(/C=C/C/C=C/c2ccc(Br)cc2)C(C)(C)CCC1. The van der Waals surface area contributed by atoms with E-state index in [1.54, 1.807) is 11.1 Å². The lowest BCUT2D eigenvalue weighted by atomic mass is 9.72. The Labute approximate surface area is 137 Å². The van der Waals surface area contributed by atoms with Crippen molar-refractivity contribution in [2.24, 2.45) is 5.41 Å². The molecule has 2 rings (SSSR count). The maximum atomic E-state index is 3.46. The van der Waals surface area contributed by atoms with Gasteiger partial charge in [0.05, 0.1) is 0 Å². The van der Waals surface area contributed by atoms with Gasteiger partial charge in [-0.2, -0.15) is 0 Å². The van der Waals surface area contributed by atoms with Crippen LogP contribution in [0.15, 0.2) is 58.1 Å². The highest BCUT2D eigenvalue weighted by Gasteiger charge is 2.26. The first-order valence-corrected chi connectivity index (χ1v) is 8.57. The van der Waals surface area contributed by atoms with E-state index in [1.165, 1.54) is 24.8 Å². The Morgan fingerprint density at radius 1 is 1.10 bits per heavy atom. The molecule has 0 saturated heterocycles. The molecule has 0 unspecified atom stereocenters. The Balaban J connectivity index is 1.95. The average Bonchev–Trinajstić information content (AvgIpc) is 2.43. The molecule has 1 aliphatic rings. The first-order chi connectivity index (χ1) is 9.99. The van der Waals surface area contributed by atoms with Crippen molar-refractivity contribution in [2.45, 2.75) is 46.5 Å². The van der Waals surface area contributed by atoms with Crippen molar-refractivity contribution >= 4 is 22.0 Å². The van der Waals surface area contributed by atoms with E-state index >= 15 is 0 Å². The number of hydrogen-bond donors (Lipinski definition) is 0. The molecule has 21 heavy (non-hydrogen) atoms. The zero-order chi connectivity index (χ0) is 15.3. The van der Waals surface area contributed by atoms with E-state index in [2.05, 4.69) is 85.3 Å². The van der Waals surface area contributed by atoms with Crippen molar-refractivity contribution < 1.29 is 0 Å². The molecule has 0 aromatic heterocycles. The summed E-state index contributed by atoms with van der Waals surface area (Å²) >= 11 is 3.46. The Hall–Kier alpha value is -1.08. The minimum absolute atomic E-state index is 0.342. The summed E-state index contributed by atoms with van der Waals surface area (Å²) in [5.41, 5.74) is 4.71. The first kappa shape index (κ1) is 16.3. The summed E-state index contributed by atoms with van der Waals surface area (Å²) < 4.78 is 1.13. The first-order valence-electron chi connectivity index (χ1n) is 7.78. The lowest BCUT2D eigenvalue weighted by Crippen LogP contribution is -2.18. The summed E-state index contributed by atoms with van der Waals surface area (Å²) in [6.07, 6.45) is 13.9. The Kier molecular flexibility index (Phi) is 5.64. The Morgan fingerprint density at radius 3 is 2.43 bits per heavy atom. The number of rotatable bonds is 4. The van der Waals surface area contributed by atoms with Gasteiger partial charge in [-0.25, -0.2) is 0 Å². The lowest BCUT2D eigenvalue weighted by molar-refractivity contribution is 0.376. The van der Waals surface area contributed by atoms with Crippen LogP contribution in [-0.2, 0) is 0 Å². The molecule has 0 N–H and O–H groups in total. The standard InChI is InChI=1S/C20H25Br/c1-16-8-7-15-20(2,3)19(16)10-6-4-5-9-17-11-13-18(21)14-12-17/h5-6,9-14H,4,7-8,15H2,1-3H3/b9-5+,10-6+. The number of allylic oxidation sites excluding steroid dienone is 5. The molecule has 1 aromatic carbocycles. The Morgan fingerprint density at radius 2 is 1.76 bits per heavy atom. The van der Waals surface area contributed by atoms with Gasteiger partial charge < -0.3 is 0 Å². The third-order valence-electron chi connectivity index (χ3n) is 4.28. The van der Waals surface area contributed by atoms with Crippen LogP contribution in [0.4, 0.5) is 0 Å². The van der Waals surface area contributed by atoms with Crippen LogP contribution < -0.4 is 0 Å². The van der Waals surface area contributed by atoms with E-state index in [1.807, 2.05) is 0 Å². The van der Waals surface area contributed by atoms with Gasteiger partial charge in [-0.1, -0.05) is 71.8 Å². The zero-order valence-corrected chi connectivity index (χ0v) is 14.9. The van der Waals surface area contributed by atoms with Gasteiger partial charge in [-0.3, -0.25) is 0 Å². The zero-order valence-electron chi connectivity index (χ0n) is 13.3. The van der Waals surface area contributed by atoms with Crippen LogP contribution in [0.5, 0.6) is 0 Å². The van der Waals surface area contributed by atoms with Crippen molar-refractivity contribution in [1.29, 1.82) is 0 Å². The van der Waals surface area contributed by atoms with E-state index in [0.717, 1.165) is 10.9 Å². The summed E-state index contributed by atoms with van der Waals surface area (Å²) in [6.45, 7) is 7.03. The molecule has 1 aliphatic carbocycles. The molecule has 0 amide bonds. The van der Waals surface area contributed by atoms with Gasteiger partial charge in [0.15, 0.2) is 0 Å². The van der Waals surface area contributed by atoms with Crippen LogP contribution in [0, 0.1) is 5.41 Å². The van der Waals surface area contributed by atoms with Gasteiger partial charge in [-0.05, 0) is 61.3 Å². The fourth-order valence-electron chi connectivity index (χ4n) is 3.05. The van der Waals surface area contributed by atoms with Gasteiger partial charge in [0, 0.05) is 4.47 Å². The maximum absolute atomic E-state index is 3.46. The highest BCUT2D eigenvalue weighted by Crippen LogP contribution is 2.40. The third kappa shape index (κ3) is 4.71. The van der Waals surface area contributed by atoms with Crippen molar-refractivity contribution in [1.82, 2.24) is 0 Å². The van der Waals surface area contributed by atoms with Crippen molar-refractivity contribution in [3.05, 3.63) is 63.7 Å². The van der Waals surface area contributed by atoms with Crippen LogP contribution >= 0.6 is 15.9 Å². The molecule has 1 aromatic rings. The fourth-order valence-corrected chi connectivity index (χ4v) is 3.32. The predicted octanol–water partition coefficient (Wildman–Crippen LogP) is 6.94. The van der Waals surface area contributed by atoms with E-state index in [4.69, 9.17) is 0 Å². The second-order valence-corrected chi connectivity index (χ2v) is 7.44. The third-order valence-corrected chi connectivity index (χ3v) is 4.81. The van der Waals surface area contributed by atoms with Gasteiger partial charge in [-0.15, -0.1) is 0 Å². The second-order valence-electron chi connectivity index (χ2n) is 6.52. The Bertz CT molecular complexity index is 556. The van der Waals surface area contributed by atoms with Crippen molar-refractivity contribution in [3.63, 3.8) is 0 Å². The van der Waals surface area contributed by atoms with Crippen molar-refractivity contribution in [3.8, 4) is 0 Å².